The molecule has 0 unspecified atom stereocenters. The van der Waals surface area contributed by atoms with Crippen molar-refractivity contribution in [2.45, 2.75) is 32.2 Å². The smallest absolute Gasteiger partial charge is 0.263 e. The third kappa shape index (κ3) is 5.46. The van der Waals surface area contributed by atoms with Crippen LogP contribution in [0.25, 0.3) is 0 Å². The number of carbonyl (C=O) groups is 2. The highest BCUT2D eigenvalue weighted by Gasteiger charge is 2.21. The number of aryl methyl sites for hydroxylation is 1. The molecule has 7 nitrogen and oxygen atoms in total. The first-order chi connectivity index (χ1) is 13.5. The van der Waals surface area contributed by atoms with E-state index in [1.807, 2.05) is 12.1 Å². The van der Waals surface area contributed by atoms with Crippen molar-refractivity contribution < 1.29 is 9.59 Å². The summed E-state index contributed by atoms with van der Waals surface area (Å²) in [6.45, 7) is 3.50. The van der Waals surface area contributed by atoms with Crippen molar-refractivity contribution in [2.75, 3.05) is 25.5 Å². The molecular weight excluding hydrogens is 392 g/mol. The lowest BCUT2D eigenvalue weighted by Gasteiger charge is -2.25. The van der Waals surface area contributed by atoms with Gasteiger partial charge in [-0.05, 0) is 62.2 Å². The Morgan fingerprint density at radius 1 is 1.21 bits per heavy atom. The first-order valence-corrected chi connectivity index (χ1v) is 9.53. The monoisotopic (exact) mass is 418 g/mol. The number of nitrogens with zero attached hydrogens (tertiary/aromatic N) is 1. The highest BCUT2D eigenvalue weighted by Crippen LogP contribution is 2.18. The van der Waals surface area contributed by atoms with Crippen LogP contribution in [0.3, 0.4) is 0 Å². The van der Waals surface area contributed by atoms with Gasteiger partial charge in [-0.3, -0.25) is 14.4 Å². The highest BCUT2D eigenvalue weighted by molar-refractivity contribution is 6.05. The number of rotatable bonds is 5. The summed E-state index contributed by atoms with van der Waals surface area (Å²) in [5, 5.41) is 8.67. The van der Waals surface area contributed by atoms with Gasteiger partial charge in [0.2, 0.25) is 5.91 Å². The molecule has 3 N–H and O–H groups in total. The number of aromatic nitrogens is 1. The fourth-order valence-electron chi connectivity index (χ4n) is 3.52. The van der Waals surface area contributed by atoms with Gasteiger partial charge in [0.25, 0.3) is 11.5 Å². The Morgan fingerprint density at radius 2 is 1.93 bits per heavy atom. The summed E-state index contributed by atoms with van der Waals surface area (Å²) < 4.78 is 1.69. The fraction of sp³-hybridized carbons (Fsp3) is 0.381. The van der Waals surface area contributed by atoms with E-state index in [4.69, 9.17) is 0 Å². The van der Waals surface area contributed by atoms with Gasteiger partial charge >= 0.3 is 0 Å². The molecule has 1 aliphatic rings. The van der Waals surface area contributed by atoms with E-state index in [0.29, 0.717) is 11.3 Å². The standard InChI is InChI=1S/C21H26N4O3.ClH/c1-14-8-11-25(17-6-9-23-10-7-17)21(28)19(14)20(27)24-16-5-3-4-15(12-16)13-18(26)22-2;/h3-5,8,11-12,17,23H,6-7,9-10,13H2,1-2H3,(H,22,26)(H,24,27);1H. The largest absolute Gasteiger partial charge is 0.359 e. The van der Waals surface area contributed by atoms with Crippen molar-refractivity contribution in [3.05, 3.63) is 63.6 Å². The number of likely N-dealkylation sites (N-methyl/N-ethyl adjacent to an activating group) is 1. The average Bonchev–Trinajstić information content (AvgIpc) is 2.69. The lowest BCUT2D eigenvalue weighted by Crippen LogP contribution is -2.37. The van der Waals surface area contributed by atoms with Crippen molar-refractivity contribution in [3.63, 3.8) is 0 Å². The Kier molecular flexibility index (Phi) is 7.99. The highest BCUT2D eigenvalue weighted by atomic mass is 35.5. The molecule has 0 atom stereocenters. The van der Waals surface area contributed by atoms with Crippen LogP contribution in [-0.4, -0.2) is 36.5 Å². The number of pyridine rings is 1. The van der Waals surface area contributed by atoms with Gasteiger partial charge in [0.15, 0.2) is 0 Å². The first-order valence-electron chi connectivity index (χ1n) is 9.53. The van der Waals surface area contributed by atoms with Crippen molar-refractivity contribution in [1.82, 2.24) is 15.2 Å². The average molecular weight is 419 g/mol. The number of anilines is 1. The number of nitrogens with one attached hydrogen (secondary N) is 3. The zero-order valence-corrected chi connectivity index (χ0v) is 17.5. The van der Waals surface area contributed by atoms with Gasteiger partial charge in [-0.2, -0.15) is 0 Å². The van der Waals surface area contributed by atoms with Crippen molar-refractivity contribution in [2.24, 2.45) is 0 Å². The number of benzene rings is 1. The van der Waals surface area contributed by atoms with Crippen LogP contribution in [0.1, 0.15) is 40.4 Å². The summed E-state index contributed by atoms with van der Waals surface area (Å²) >= 11 is 0. The minimum Gasteiger partial charge on any atom is -0.359 e. The van der Waals surface area contributed by atoms with Crippen LogP contribution >= 0.6 is 12.4 Å². The van der Waals surface area contributed by atoms with Gasteiger partial charge < -0.3 is 20.5 Å². The molecule has 1 saturated heterocycles. The molecule has 156 valence electrons. The number of hydrogen-bond donors (Lipinski definition) is 3. The summed E-state index contributed by atoms with van der Waals surface area (Å²) in [6, 6.07) is 9.02. The van der Waals surface area contributed by atoms with E-state index in [-0.39, 0.29) is 41.9 Å². The molecule has 0 saturated carbocycles. The van der Waals surface area contributed by atoms with Crippen molar-refractivity contribution in [1.29, 1.82) is 0 Å². The zero-order chi connectivity index (χ0) is 20.1. The third-order valence-electron chi connectivity index (χ3n) is 5.09. The van der Waals surface area contributed by atoms with Gasteiger partial charge in [0.1, 0.15) is 5.56 Å². The van der Waals surface area contributed by atoms with E-state index < -0.39 is 5.91 Å². The van der Waals surface area contributed by atoms with Crippen LogP contribution in [0.15, 0.2) is 41.3 Å². The molecule has 2 aromatic rings. The van der Waals surface area contributed by atoms with Crippen LogP contribution in [0.4, 0.5) is 5.69 Å². The number of amides is 2. The molecule has 0 bridgehead atoms. The quantitative estimate of drug-likeness (QED) is 0.692. The molecule has 1 aliphatic heterocycles. The normalized spacial score (nSPS) is 14.0. The second kappa shape index (κ2) is 10.2. The summed E-state index contributed by atoms with van der Waals surface area (Å²) in [7, 11) is 1.58. The van der Waals surface area contributed by atoms with Crippen LogP contribution in [0, 0.1) is 6.92 Å². The molecule has 29 heavy (non-hydrogen) atoms. The molecule has 1 fully saturated rings. The van der Waals surface area contributed by atoms with E-state index in [0.717, 1.165) is 31.5 Å². The minimum absolute atomic E-state index is 0. The van der Waals surface area contributed by atoms with E-state index >= 15 is 0 Å². The topological polar surface area (TPSA) is 92.2 Å². The molecule has 1 aromatic carbocycles. The van der Waals surface area contributed by atoms with Crippen molar-refractivity contribution >= 4 is 29.9 Å². The van der Waals surface area contributed by atoms with E-state index in [2.05, 4.69) is 16.0 Å². The summed E-state index contributed by atoms with van der Waals surface area (Å²) in [5.74, 6) is -0.532. The molecule has 2 amide bonds. The maximum absolute atomic E-state index is 13.0. The number of piperidine rings is 1. The van der Waals surface area contributed by atoms with Crippen LogP contribution < -0.4 is 21.5 Å². The van der Waals surface area contributed by atoms with Crippen LogP contribution in [0.5, 0.6) is 0 Å². The second-order valence-corrected chi connectivity index (χ2v) is 7.07. The molecule has 1 aromatic heterocycles. The Balaban J connectivity index is 0.00000300. The predicted molar refractivity (Wildman–Crippen MR) is 116 cm³/mol. The lowest BCUT2D eigenvalue weighted by molar-refractivity contribution is -0.119. The Bertz CT molecular complexity index is 936. The fourth-order valence-corrected chi connectivity index (χ4v) is 3.52. The maximum Gasteiger partial charge on any atom is 0.263 e. The summed E-state index contributed by atoms with van der Waals surface area (Å²) in [5.41, 5.74) is 1.90. The Hall–Kier alpha value is -2.64. The van der Waals surface area contributed by atoms with Crippen molar-refractivity contribution in [3.8, 4) is 0 Å². The van der Waals surface area contributed by atoms with Gasteiger partial charge in [0.05, 0.1) is 6.42 Å². The van der Waals surface area contributed by atoms with Gasteiger partial charge in [0, 0.05) is 25.0 Å². The predicted octanol–water partition coefficient (Wildman–Crippen LogP) is 2.04. The summed E-state index contributed by atoms with van der Waals surface area (Å²) in [6.07, 6.45) is 3.75. The van der Waals surface area contributed by atoms with Crippen LogP contribution in [-0.2, 0) is 11.2 Å². The second-order valence-electron chi connectivity index (χ2n) is 7.07. The van der Waals surface area contributed by atoms with E-state index in [9.17, 15) is 14.4 Å². The molecule has 2 heterocycles. The number of carbonyl (C=O) groups excluding carboxylic acids is 2. The van der Waals surface area contributed by atoms with E-state index in [1.54, 1.807) is 42.9 Å². The zero-order valence-electron chi connectivity index (χ0n) is 16.7. The number of hydrogen-bond acceptors (Lipinski definition) is 4. The first kappa shape index (κ1) is 22.6. The molecular formula is C21H27ClN4O3. The third-order valence-corrected chi connectivity index (χ3v) is 5.09. The molecule has 0 radical (unpaired) electrons. The van der Waals surface area contributed by atoms with Gasteiger partial charge in [-0.15, -0.1) is 12.4 Å². The molecule has 0 spiro atoms. The lowest BCUT2D eigenvalue weighted by atomic mass is 10.0. The van der Waals surface area contributed by atoms with Crippen LogP contribution in [0.2, 0.25) is 0 Å². The van der Waals surface area contributed by atoms with E-state index in [1.165, 1.54) is 0 Å². The van der Waals surface area contributed by atoms with Gasteiger partial charge in [-0.25, -0.2) is 0 Å². The SMILES string of the molecule is CNC(=O)Cc1cccc(NC(=O)c2c(C)ccn(C3CCNCC3)c2=O)c1.Cl. The Labute approximate surface area is 176 Å². The molecule has 3 rings (SSSR count). The molecule has 8 heteroatoms. The molecule has 0 aliphatic carbocycles. The Morgan fingerprint density at radius 3 is 2.62 bits per heavy atom. The maximum atomic E-state index is 13.0. The number of halogens is 1. The van der Waals surface area contributed by atoms with Gasteiger partial charge in [-0.1, -0.05) is 12.1 Å². The minimum atomic E-state index is -0.428. The summed E-state index contributed by atoms with van der Waals surface area (Å²) in [4.78, 5) is 37.4.